The zero-order valence-corrected chi connectivity index (χ0v) is 32.3. The molecule has 8 atom stereocenters. The van der Waals surface area contributed by atoms with Crippen LogP contribution in [0.15, 0.2) is 18.2 Å². The van der Waals surface area contributed by atoms with E-state index >= 15 is 0 Å². The highest BCUT2D eigenvalue weighted by Crippen LogP contribution is 2.39. The molecule has 1 fully saturated rings. The van der Waals surface area contributed by atoms with Crippen LogP contribution in [0.4, 0.5) is 0 Å². The summed E-state index contributed by atoms with van der Waals surface area (Å²) in [6, 6.07) is 5.46. The Labute approximate surface area is 304 Å². The van der Waals surface area contributed by atoms with Gasteiger partial charge in [0, 0.05) is 27.7 Å². The maximum atomic E-state index is 12.2. The van der Waals surface area contributed by atoms with Gasteiger partial charge in [-0.25, -0.2) is 0 Å². The lowest BCUT2D eigenvalue weighted by Gasteiger charge is -2.44. The first-order valence-corrected chi connectivity index (χ1v) is 18.8. The van der Waals surface area contributed by atoms with Crippen molar-refractivity contribution in [1.29, 1.82) is 0 Å². The Morgan fingerprint density at radius 2 is 1.33 bits per heavy atom. The van der Waals surface area contributed by atoms with E-state index in [9.17, 15) is 19.2 Å². The molecule has 288 valence electrons. The van der Waals surface area contributed by atoms with Crippen LogP contribution in [0.25, 0.3) is 0 Å². The third-order valence-electron chi connectivity index (χ3n) is 9.79. The van der Waals surface area contributed by atoms with Crippen LogP contribution in [-0.2, 0) is 49.3 Å². The zero-order chi connectivity index (χ0) is 37.7. The molecule has 11 heteroatoms. The first kappa shape index (κ1) is 42.1. The summed E-state index contributed by atoms with van der Waals surface area (Å²) in [6.45, 7) is 16.0. The second kappa shape index (κ2) is 20.0. The van der Waals surface area contributed by atoms with Gasteiger partial charge < -0.3 is 33.2 Å². The average Bonchev–Trinajstić information content (AvgIpc) is 3.02. The number of hydrogen-bond acceptors (Lipinski definition) is 11. The first-order valence-electron chi connectivity index (χ1n) is 18.8. The van der Waals surface area contributed by atoms with E-state index in [1.54, 1.807) is 6.07 Å². The Balaban J connectivity index is 1.63. The van der Waals surface area contributed by atoms with Gasteiger partial charge in [0.25, 0.3) is 0 Å². The lowest BCUT2D eigenvalue weighted by Crippen LogP contribution is -2.63. The Morgan fingerprint density at radius 1 is 0.765 bits per heavy atom. The van der Waals surface area contributed by atoms with E-state index in [0.29, 0.717) is 11.7 Å². The van der Waals surface area contributed by atoms with E-state index in [1.165, 1.54) is 72.6 Å². The van der Waals surface area contributed by atoms with Gasteiger partial charge in [-0.2, -0.15) is 0 Å². The number of esters is 4. The number of aryl methyl sites for hydroxylation is 1. The van der Waals surface area contributed by atoms with Crippen LogP contribution < -0.4 is 9.47 Å². The van der Waals surface area contributed by atoms with Gasteiger partial charge in [-0.3, -0.25) is 19.2 Å². The molecule has 0 saturated carbocycles. The number of benzene rings is 1. The first-order chi connectivity index (χ1) is 24.0. The van der Waals surface area contributed by atoms with Crippen LogP contribution in [0.5, 0.6) is 11.5 Å². The van der Waals surface area contributed by atoms with Crippen LogP contribution in [0.2, 0.25) is 0 Å². The fourth-order valence-corrected chi connectivity index (χ4v) is 7.04. The summed E-state index contributed by atoms with van der Waals surface area (Å²) >= 11 is 0. The fraction of sp³-hybridized carbons (Fsp3) is 0.750. The number of fused-ring (bicyclic) bond motifs is 1. The predicted molar refractivity (Wildman–Crippen MR) is 191 cm³/mol. The van der Waals surface area contributed by atoms with Gasteiger partial charge in [0.15, 0.2) is 12.2 Å². The molecule has 2 aliphatic rings. The van der Waals surface area contributed by atoms with Gasteiger partial charge in [-0.1, -0.05) is 72.6 Å². The van der Waals surface area contributed by atoms with E-state index in [1.807, 2.05) is 12.1 Å². The second-order valence-electron chi connectivity index (χ2n) is 15.4. The van der Waals surface area contributed by atoms with Crippen molar-refractivity contribution >= 4 is 23.9 Å². The quantitative estimate of drug-likeness (QED) is 0.103. The number of hydrogen-bond donors (Lipinski definition) is 0. The Morgan fingerprint density at radius 3 is 1.92 bits per heavy atom. The van der Waals surface area contributed by atoms with E-state index in [0.717, 1.165) is 48.8 Å². The number of carbonyl (C=O) groups excluding carboxylic acids is 4. The maximum Gasteiger partial charge on any atom is 0.303 e. The van der Waals surface area contributed by atoms with Crippen molar-refractivity contribution in [2.75, 3.05) is 6.61 Å². The lowest BCUT2D eigenvalue weighted by molar-refractivity contribution is -0.288. The van der Waals surface area contributed by atoms with Crippen molar-refractivity contribution in [3.63, 3.8) is 0 Å². The topological polar surface area (TPSA) is 133 Å². The van der Waals surface area contributed by atoms with Crippen LogP contribution in [-0.4, -0.2) is 66.8 Å². The smallest absolute Gasteiger partial charge is 0.303 e. The minimum Gasteiger partial charge on any atom is -0.487 e. The molecule has 0 radical (unpaired) electrons. The summed E-state index contributed by atoms with van der Waals surface area (Å²) in [4.78, 5) is 48.0. The summed E-state index contributed by atoms with van der Waals surface area (Å²) in [6.07, 6.45) is 6.57. The fourth-order valence-electron chi connectivity index (χ4n) is 7.04. The summed E-state index contributed by atoms with van der Waals surface area (Å²) in [5.41, 5.74) is 0.700. The Hall–Kier alpha value is -3.34. The summed E-state index contributed by atoms with van der Waals surface area (Å²) in [5, 5.41) is 0. The summed E-state index contributed by atoms with van der Waals surface area (Å²) in [5.74, 6) is 0.813. The second-order valence-corrected chi connectivity index (χ2v) is 15.4. The maximum absolute atomic E-state index is 12.2. The molecule has 2 aliphatic heterocycles. The average molecular weight is 719 g/mol. The van der Waals surface area contributed by atoms with Gasteiger partial charge in [0.2, 0.25) is 12.4 Å². The van der Waals surface area contributed by atoms with Crippen LogP contribution in [0.3, 0.4) is 0 Å². The molecule has 0 amide bonds. The van der Waals surface area contributed by atoms with Gasteiger partial charge in [-0.05, 0) is 74.1 Å². The van der Waals surface area contributed by atoms with Crippen molar-refractivity contribution in [2.24, 2.45) is 17.8 Å². The molecule has 0 bridgehead atoms. The van der Waals surface area contributed by atoms with Crippen LogP contribution in [0.1, 0.15) is 132 Å². The molecular formula is C40H62O11. The van der Waals surface area contributed by atoms with Crippen molar-refractivity contribution in [3.8, 4) is 11.5 Å². The van der Waals surface area contributed by atoms with Crippen LogP contribution >= 0.6 is 0 Å². The number of rotatable bonds is 19. The molecule has 11 nitrogen and oxygen atoms in total. The standard InChI is InChI=1S/C40H62O11/c1-25(2)13-10-14-26(3)15-11-16-27(4)17-12-21-40(9)22-20-32-23-33(18-19-34(32)51-40)49-39-38(48-31(8)44)37(47-30(7)43)36(46-29(6)42)35(50-39)24-45-28(5)41/h18-19,23,25-27,35-39H,10-17,20-22,24H2,1-9H3/t26-,27-,35-,36-,37+,38+,39+,40-/m1/s1. The molecule has 0 aromatic heterocycles. The van der Waals surface area contributed by atoms with Gasteiger partial charge in [-0.15, -0.1) is 0 Å². The van der Waals surface area contributed by atoms with Gasteiger partial charge in [0.05, 0.1) is 0 Å². The zero-order valence-electron chi connectivity index (χ0n) is 32.3. The van der Waals surface area contributed by atoms with Crippen molar-refractivity contribution in [2.45, 2.75) is 169 Å². The molecule has 2 heterocycles. The normalized spacial score (nSPS) is 25.5. The third-order valence-corrected chi connectivity index (χ3v) is 9.79. The third kappa shape index (κ3) is 14.3. The van der Waals surface area contributed by atoms with E-state index in [4.69, 9.17) is 33.2 Å². The number of ether oxygens (including phenoxy) is 7. The van der Waals surface area contributed by atoms with Gasteiger partial charge in [0.1, 0.15) is 29.8 Å². The molecule has 0 N–H and O–H groups in total. The largest absolute Gasteiger partial charge is 0.487 e. The Bertz CT molecular complexity index is 1290. The van der Waals surface area contributed by atoms with Crippen molar-refractivity contribution in [3.05, 3.63) is 23.8 Å². The number of carbonyl (C=O) groups is 4. The molecule has 0 unspecified atom stereocenters. The SMILES string of the molecule is CC(=O)OC[C@H]1O[C@H](Oc2ccc3c(c2)CC[C@@](C)(CCC[C@H](C)CCC[C@H](C)CCCC(C)C)O3)[C@@H](OC(C)=O)[C@@H](OC(C)=O)[C@@H]1OC(C)=O. The summed E-state index contributed by atoms with van der Waals surface area (Å²) < 4.78 is 40.5. The molecule has 1 saturated heterocycles. The highest BCUT2D eigenvalue weighted by atomic mass is 16.7. The van der Waals surface area contributed by atoms with E-state index in [2.05, 4.69) is 34.6 Å². The molecule has 1 aromatic carbocycles. The van der Waals surface area contributed by atoms with Crippen LogP contribution in [0, 0.1) is 17.8 Å². The minimum atomic E-state index is -1.31. The molecule has 0 spiro atoms. The van der Waals surface area contributed by atoms with Crippen molar-refractivity contribution in [1.82, 2.24) is 0 Å². The Kier molecular flexibility index (Phi) is 16.5. The molecule has 3 rings (SSSR count). The van der Waals surface area contributed by atoms with E-state index < -0.39 is 54.6 Å². The minimum absolute atomic E-state index is 0.264. The molecular weight excluding hydrogens is 656 g/mol. The predicted octanol–water partition coefficient (Wildman–Crippen LogP) is 7.67. The van der Waals surface area contributed by atoms with Crippen molar-refractivity contribution < 1.29 is 52.3 Å². The molecule has 51 heavy (non-hydrogen) atoms. The van der Waals surface area contributed by atoms with E-state index in [-0.39, 0.29) is 12.2 Å². The highest BCUT2D eigenvalue weighted by molar-refractivity contribution is 5.68. The lowest BCUT2D eigenvalue weighted by atomic mass is 9.86. The highest BCUT2D eigenvalue weighted by Gasteiger charge is 2.53. The van der Waals surface area contributed by atoms with Gasteiger partial charge >= 0.3 is 23.9 Å². The molecule has 1 aromatic rings. The summed E-state index contributed by atoms with van der Waals surface area (Å²) in [7, 11) is 0. The molecule has 0 aliphatic carbocycles. The monoisotopic (exact) mass is 718 g/mol.